The molecule has 0 saturated heterocycles. The van der Waals surface area contributed by atoms with E-state index < -0.39 is 5.82 Å². The fourth-order valence-corrected chi connectivity index (χ4v) is 2.08. The Labute approximate surface area is 123 Å². The summed E-state index contributed by atoms with van der Waals surface area (Å²) in [6, 6.07) is 6.15. The number of nitriles is 1. The van der Waals surface area contributed by atoms with Crippen LogP contribution in [0.15, 0.2) is 18.2 Å². The SMILES string of the molecule is CCCNc1nnc(-c2cc(F)cc(C#N)c2)c(C)c1C. The van der Waals surface area contributed by atoms with E-state index in [2.05, 4.69) is 22.4 Å². The van der Waals surface area contributed by atoms with Gasteiger partial charge in [-0.05, 0) is 49.6 Å². The summed E-state index contributed by atoms with van der Waals surface area (Å²) >= 11 is 0. The third-order valence-electron chi connectivity index (χ3n) is 3.37. The van der Waals surface area contributed by atoms with E-state index in [1.165, 1.54) is 12.1 Å². The third kappa shape index (κ3) is 3.16. The molecule has 1 aromatic carbocycles. The molecular weight excluding hydrogens is 267 g/mol. The molecule has 108 valence electrons. The van der Waals surface area contributed by atoms with Crippen molar-refractivity contribution in [3.8, 4) is 17.3 Å². The molecule has 4 nitrogen and oxygen atoms in total. The zero-order valence-corrected chi connectivity index (χ0v) is 12.4. The van der Waals surface area contributed by atoms with Gasteiger partial charge >= 0.3 is 0 Å². The van der Waals surface area contributed by atoms with Crippen LogP contribution < -0.4 is 5.32 Å². The molecule has 0 aliphatic heterocycles. The Bertz CT molecular complexity index is 704. The van der Waals surface area contributed by atoms with Crippen molar-refractivity contribution in [1.82, 2.24) is 10.2 Å². The van der Waals surface area contributed by atoms with Crippen LogP contribution in [0.2, 0.25) is 0 Å². The highest BCUT2D eigenvalue weighted by atomic mass is 19.1. The summed E-state index contributed by atoms with van der Waals surface area (Å²) < 4.78 is 13.6. The number of hydrogen-bond donors (Lipinski definition) is 1. The maximum absolute atomic E-state index is 13.6. The van der Waals surface area contributed by atoms with Gasteiger partial charge in [-0.2, -0.15) is 5.26 Å². The van der Waals surface area contributed by atoms with Crippen molar-refractivity contribution >= 4 is 5.82 Å². The first kappa shape index (κ1) is 14.9. The zero-order chi connectivity index (χ0) is 15.4. The van der Waals surface area contributed by atoms with Gasteiger partial charge in [0.15, 0.2) is 5.82 Å². The quantitative estimate of drug-likeness (QED) is 0.932. The Morgan fingerprint density at radius 1 is 1.19 bits per heavy atom. The van der Waals surface area contributed by atoms with E-state index in [1.54, 1.807) is 6.07 Å². The molecule has 0 unspecified atom stereocenters. The average Bonchev–Trinajstić information content (AvgIpc) is 2.48. The molecule has 0 saturated carbocycles. The Kier molecular flexibility index (Phi) is 4.49. The summed E-state index contributed by atoms with van der Waals surface area (Å²) in [4.78, 5) is 0. The smallest absolute Gasteiger partial charge is 0.151 e. The van der Waals surface area contributed by atoms with E-state index in [1.807, 2.05) is 19.9 Å². The first-order valence-corrected chi connectivity index (χ1v) is 6.85. The minimum atomic E-state index is -0.448. The van der Waals surface area contributed by atoms with Gasteiger partial charge in [0.05, 0.1) is 17.3 Å². The van der Waals surface area contributed by atoms with Crippen molar-refractivity contribution in [2.24, 2.45) is 0 Å². The maximum Gasteiger partial charge on any atom is 0.151 e. The van der Waals surface area contributed by atoms with Gasteiger partial charge < -0.3 is 5.32 Å². The first-order valence-electron chi connectivity index (χ1n) is 6.85. The standard InChI is InChI=1S/C16H17FN4/c1-4-5-19-16-11(3)10(2)15(20-21-16)13-6-12(9-18)7-14(17)8-13/h6-8H,4-5H2,1-3H3,(H,19,21). The van der Waals surface area contributed by atoms with E-state index in [0.717, 1.165) is 29.9 Å². The fraction of sp³-hybridized carbons (Fsp3) is 0.312. The number of halogens is 1. The largest absolute Gasteiger partial charge is 0.368 e. The lowest BCUT2D eigenvalue weighted by molar-refractivity contribution is 0.627. The van der Waals surface area contributed by atoms with E-state index >= 15 is 0 Å². The highest BCUT2D eigenvalue weighted by Crippen LogP contribution is 2.27. The van der Waals surface area contributed by atoms with E-state index in [0.29, 0.717) is 11.3 Å². The summed E-state index contributed by atoms with van der Waals surface area (Å²) in [5, 5.41) is 20.5. The van der Waals surface area contributed by atoms with Gasteiger partial charge in [-0.25, -0.2) is 4.39 Å². The van der Waals surface area contributed by atoms with Crippen LogP contribution in [0.25, 0.3) is 11.3 Å². The second-order valence-corrected chi connectivity index (χ2v) is 4.91. The molecule has 1 heterocycles. The molecule has 0 bridgehead atoms. The lowest BCUT2D eigenvalue weighted by atomic mass is 10.0. The van der Waals surface area contributed by atoms with Crippen molar-refractivity contribution in [2.75, 3.05) is 11.9 Å². The summed E-state index contributed by atoms with van der Waals surface area (Å²) in [5.74, 6) is 0.297. The Balaban J connectivity index is 2.48. The predicted molar refractivity (Wildman–Crippen MR) is 80.4 cm³/mol. The van der Waals surface area contributed by atoms with Crippen LogP contribution in [-0.2, 0) is 0 Å². The lowest BCUT2D eigenvalue weighted by Gasteiger charge is -2.12. The first-order chi connectivity index (χ1) is 10.1. The van der Waals surface area contributed by atoms with Gasteiger partial charge in [-0.3, -0.25) is 0 Å². The fourth-order valence-electron chi connectivity index (χ4n) is 2.08. The minimum Gasteiger partial charge on any atom is -0.368 e. The summed E-state index contributed by atoms with van der Waals surface area (Å²) in [6.45, 7) is 6.78. The van der Waals surface area contributed by atoms with Crippen molar-refractivity contribution in [3.05, 3.63) is 40.7 Å². The number of nitrogens with zero attached hydrogens (tertiary/aromatic N) is 3. The Hall–Kier alpha value is -2.48. The number of benzene rings is 1. The van der Waals surface area contributed by atoms with Crippen molar-refractivity contribution < 1.29 is 4.39 Å². The van der Waals surface area contributed by atoms with Crippen molar-refractivity contribution in [2.45, 2.75) is 27.2 Å². The number of hydrogen-bond acceptors (Lipinski definition) is 4. The topological polar surface area (TPSA) is 61.6 Å². The zero-order valence-electron chi connectivity index (χ0n) is 12.4. The number of anilines is 1. The highest BCUT2D eigenvalue weighted by Gasteiger charge is 2.12. The molecule has 2 rings (SSSR count). The minimum absolute atomic E-state index is 0.275. The molecule has 2 aromatic rings. The van der Waals surface area contributed by atoms with Crippen molar-refractivity contribution in [1.29, 1.82) is 5.26 Å². The van der Waals surface area contributed by atoms with Crippen LogP contribution >= 0.6 is 0 Å². The normalized spacial score (nSPS) is 10.2. The van der Waals surface area contributed by atoms with Gasteiger partial charge in [0.2, 0.25) is 0 Å². The molecule has 0 fully saturated rings. The van der Waals surface area contributed by atoms with Gasteiger partial charge in [-0.1, -0.05) is 6.92 Å². The Morgan fingerprint density at radius 3 is 2.62 bits per heavy atom. The lowest BCUT2D eigenvalue weighted by Crippen LogP contribution is -2.07. The molecule has 21 heavy (non-hydrogen) atoms. The highest BCUT2D eigenvalue weighted by molar-refractivity contribution is 5.67. The summed E-state index contributed by atoms with van der Waals surface area (Å²) in [7, 11) is 0. The Morgan fingerprint density at radius 2 is 1.95 bits per heavy atom. The van der Waals surface area contributed by atoms with Crippen molar-refractivity contribution in [3.63, 3.8) is 0 Å². The van der Waals surface area contributed by atoms with Crippen LogP contribution in [0, 0.1) is 31.0 Å². The molecule has 0 radical (unpaired) electrons. The van der Waals surface area contributed by atoms with Gasteiger partial charge in [0, 0.05) is 12.1 Å². The molecule has 1 aromatic heterocycles. The number of aromatic nitrogens is 2. The third-order valence-corrected chi connectivity index (χ3v) is 3.37. The monoisotopic (exact) mass is 284 g/mol. The molecular formula is C16H17FN4. The number of rotatable bonds is 4. The summed E-state index contributed by atoms with van der Waals surface area (Å²) in [6.07, 6.45) is 0.997. The van der Waals surface area contributed by atoms with E-state index in [9.17, 15) is 4.39 Å². The van der Waals surface area contributed by atoms with E-state index in [4.69, 9.17) is 5.26 Å². The molecule has 0 aliphatic carbocycles. The van der Waals surface area contributed by atoms with Gasteiger partial charge in [0.25, 0.3) is 0 Å². The molecule has 0 atom stereocenters. The maximum atomic E-state index is 13.6. The number of nitrogens with one attached hydrogen (secondary N) is 1. The second-order valence-electron chi connectivity index (χ2n) is 4.91. The predicted octanol–water partition coefficient (Wildman–Crippen LogP) is 3.59. The summed E-state index contributed by atoms with van der Waals surface area (Å²) in [5.41, 5.74) is 3.36. The van der Waals surface area contributed by atoms with Crippen LogP contribution in [-0.4, -0.2) is 16.7 Å². The second kappa shape index (κ2) is 6.31. The molecule has 0 aliphatic rings. The average molecular weight is 284 g/mol. The van der Waals surface area contributed by atoms with Crippen LogP contribution in [0.5, 0.6) is 0 Å². The molecule has 5 heteroatoms. The van der Waals surface area contributed by atoms with Crippen LogP contribution in [0.3, 0.4) is 0 Å². The van der Waals surface area contributed by atoms with E-state index in [-0.39, 0.29) is 5.56 Å². The molecule has 0 amide bonds. The molecule has 1 N–H and O–H groups in total. The van der Waals surface area contributed by atoms with Gasteiger partial charge in [0.1, 0.15) is 5.82 Å². The van der Waals surface area contributed by atoms with Crippen LogP contribution in [0.1, 0.15) is 30.0 Å². The van der Waals surface area contributed by atoms with Gasteiger partial charge in [-0.15, -0.1) is 10.2 Å². The van der Waals surface area contributed by atoms with Crippen LogP contribution in [0.4, 0.5) is 10.2 Å². The molecule has 0 spiro atoms.